The smallest absolute Gasteiger partial charge is 0.387 e. The van der Waals surface area contributed by atoms with Gasteiger partial charge in [-0.1, -0.05) is 12.2 Å². The first kappa shape index (κ1) is 19.2. The number of thiocarbonyl (C=S) groups is 1. The van der Waals surface area contributed by atoms with E-state index >= 15 is 0 Å². The summed E-state index contributed by atoms with van der Waals surface area (Å²) in [4.78, 5) is 39.5. The lowest BCUT2D eigenvalue weighted by Crippen LogP contribution is -2.43. The highest BCUT2D eigenvalue weighted by Gasteiger charge is 2.47. The summed E-state index contributed by atoms with van der Waals surface area (Å²) >= 11 is 4.91. The van der Waals surface area contributed by atoms with Gasteiger partial charge in [0.25, 0.3) is 0 Å². The van der Waals surface area contributed by atoms with Crippen LogP contribution in [0.2, 0.25) is 0 Å². The highest BCUT2D eigenvalue weighted by Crippen LogP contribution is 2.46. The molecule has 0 aromatic rings. The van der Waals surface area contributed by atoms with Gasteiger partial charge in [-0.15, -0.1) is 0 Å². The van der Waals surface area contributed by atoms with Gasteiger partial charge in [-0.3, -0.25) is 9.89 Å². The molecule has 12 nitrogen and oxygen atoms in total. The van der Waals surface area contributed by atoms with Crippen LogP contribution in [0.1, 0.15) is 0 Å². The van der Waals surface area contributed by atoms with E-state index in [4.69, 9.17) is 37.4 Å². The maximum absolute atomic E-state index is 10.1. The van der Waals surface area contributed by atoms with Crippen LogP contribution in [0.15, 0.2) is 15.0 Å². The molecule has 0 amide bonds. The van der Waals surface area contributed by atoms with E-state index in [-0.39, 0.29) is 17.5 Å². The maximum Gasteiger partial charge on any atom is 0.567 e. The van der Waals surface area contributed by atoms with Crippen LogP contribution in [-0.2, 0) is 9.26 Å². The van der Waals surface area contributed by atoms with E-state index in [0.29, 0.717) is 0 Å². The van der Waals surface area contributed by atoms with Crippen molar-refractivity contribution >= 4 is 44.0 Å². The Kier molecular flexibility index (Phi) is 6.25. The highest BCUT2D eigenvalue weighted by atomic mass is 32.1. The Morgan fingerprint density at radius 1 is 1.33 bits per heavy atom. The van der Waals surface area contributed by atoms with E-state index in [1.54, 1.807) is 0 Å². The van der Waals surface area contributed by atoms with E-state index < -0.39 is 39.3 Å². The van der Waals surface area contributed by atoms with Crippen LogP contribution in [0.5, 0.6) is 0 Å². The first-order valence-corrected chi connectivity index (χ1v) is 8.57. The lowest BCUT2D eigenvalue weighted by atomic mass is 10.1. The zero-order valence-corrected chi connectivity index (χ0v) is 13.9. The fraction of sp³-hybridized carbons (Fsp3) is 0.600. The van der Waals surface area contributed by atoms with E-state index in [2.05, 4.69) is 19.5 Å². The molecule has 4 atom stereocenters. The number of guanidine groups is 1. The standard InChI is InChI=1S/C10H16N5O7PS/c11-10-13-4-15(3-12-1-6(24)14-10)9-8(17)7(16)5(22-9)2-21-23(18,19)20/h3-5,7-9,16-20H,1-2H2,(H-,11,14,24)/p+1. The van der Waals surface area contributed by atoms with Gasteiger partial charge in [0.05, 0.1) is 12.9 Å². The fourth-order valence-electron chi connectivity index (χ4n) is 1.98. The number of aliphatic imine (C=N–C) groups is 3. The second kappa shape index (κ2) is 7.82. The summed E-state index contributed by atoms with van der Waals surface area (Å²) in [5.41, 5.74) is 5.54. The summed E-state index contributed by atoms with van der Waals surface area (Å²) in [6, 6.07) is 0. The number of aliphatic hydroxyl groups is 2. The second-order valence-electron chi connectivity index (χ2n) is 4.87. The van der Waals surface area contributed by atoms with Crippen LogP contribution >= 0.6 is 20.4 Å². The predicted molar refractivity (Wildman–Crippen MR) is 88.1 cm³/mol. The minimum atomic E-state index is -4.49. The van der Waals surface area contributed by atoms with Crippen LogP contribution in [0.25, 0.3) is 0 Å². The quantitative estimate of drug-likeness (QED) is 0.218. The first-order valence-electron chi connectivity index (χ1n) is 6.59. The van der Waals surface area contributed by atoms with Crippen molar-refractivity contribution in [2.45, 2.75) is 24.5 Å². The first-order chi connectivity index (χ1) is 11.2. The Balaban J connectivity index is 2.10. The molecule has 0 spiro atoms. The lowest BCUT2D eigenvalue weighted by molar-refractivity contribution is -0.0514. The summed E-state index contributed by atoms with van der Waals surface area (Å²) in [6.45, 7) is -0.484. The molecular formula is C10H17N5O7PS+. The van der Waals surface area contributed by atoms with Gasteiger partial charge in [0, 0.05) is 0 Å². The molecule has 4 unspecified atom stereocenters. The third kappa shape index (κ3) is 5.17. The summed E-state index contributed by atoms with van der Waals surface area (Å²) in [5.74, 6) is -0.112. The average Bonchev–Trinajstić information content (AvgIpc) is 2.79. The third-order valence-electron chi connectivity index (χ3n) is 3.05. The zero-order valence-electron chi connectivity index (χ0n) is 12.2. The molecule has 0 bridgehead atoms. The molecule has 134 valence electrons. The number of hydrogen-bond donors (Lipinski definition) is 6. The molecule has 0 aromatic carbocycles. The number of nitrogens with two attached hydrogens (primary N) is 1. The van der Waals surface area contributed by atoms with Crippen LogP contribution < -0.4 is 5.73 Å². The average molecular weight is 382 g/mol. The highest BCUT2D eigenvalue weighted by molar-refractivity contribution is 7.80. The molecule has 14 heteroatoms. The van der Waals surface area contributed by atoms with Gasteiger partial charge < -0.3 is 20.7 Å². The third-order valence-corrected chi connectivity index (χ3v) is 3.76. The monoisotopic (exact) mass is 382 g/mol. The van der Waals surface area contributed by atoms with Gasteiger partial charge in [-0.05, 0) is 0 Å². The van der Waals surface area contributed by atoms with Crippen LogP contribution in [0.4, 0.5) is 0 Å². The van der Waals surface area contributed by atoms with Gasteiger partial charge in [-0.2, -0.15) is 19.2 Å². The van der Waals surface area contributed by atoms with Crippen molar-refractivity contribution in [1.82, 2.24) is 4.90 Å². The molecule has 1 fully saturated rings. The fourth-order valence-corrected chi connectivity index (χ4v) is 2.49. The van der Waals surface area contributed by atoms with E-state index in [0.717, 1.165) is 0 Å². The van der Waals surface area contributed by atoms with Crippen LogP contribution in [-0.4, -0.2) is 91.1 Å². The minimum absolute atomic E-state index is 0.0698. The number of nitrogens with zero attached hydrogens (tertiary/aromatic N) is 4. The molecule has 7 N–H and O–H groups in total. The van der Waals surface area contributed by atoms with Crippen LogP contribution in [0, 0.1) is 0 Å². The number of ether oxygens (including phenoxy) is 1. The Morgan fingerprint density at radius 3 is 2.71 bits per heavy atom. The zero-order chi connectivity index (χ0) is 17.9. The number of rotatable bonds is 4. The number of aliphatic hydroxyl groups excluding tert-OH is 2. The molecular weight excluding hydrogens is 365 g/mol. The van der Waals surface area contributed by atoms with Crippen molar-refractivity contribution in [3.05, 3.63) is 0 Å². The normalized spacial score (nSPS) is 31.6. The Morgan fingerprint density at radius 2 is 2.04 bits per heavy atom. The molecule has 0 saturated carbocycles. The van der Waals surface area contributed by atoms with Gasteiger partial charge in [0.15, 0.2) is 6.23 Å². The topological polar surface area (TPSA) is 186 Å². The Hall–Kier alpha value is -1.15. The maximum atomic E-state index is 10.1. The number of hydrogen-bond acceptors (Lipinski definition) is 12. The molecule has 1 saturated heterocycles. The second-order valence-corrected chi connectivity index (χ2v) is 6.62. The Labute approximate surface area is 142 Å². The van der Waals surface area contributed by atoms with E-state index in [1.807, 2.05) is 0 Å². The van der Waals surface area contributed by atoms with Crippen molar-refractivity contribution in [2.24, 2.45) is 20.7 Å². The van der Waals surface area contributed by atoms with E-state index in [1.165, 1.54) is 17.6 Å². The summed E-state index contributed by atoms with van der Waals surface area (Å²) in [5, 5.41) is 20.1. The van der Waals surface area contributed by atoms with Crippen molar-refractivity contribution < 1.29 is 34.2 Å². The predicted octanol–water partition coefficient (Wildman–Crippen LogP) is -2.88. The Bertz CT molecular complexity index is 568. The summed E-state index contributed by atoms with van der Waals surface area (Å²) in [7, 11) is -4.49. The van der Waals surface area contributed by atoms with Gasteiger partial charge in [0.2, 0.25) is 5.96 Å². The van der Waals surface area contributed by atoms with E-state index in [9.17, 15) is 10.2 Å². The lowest BCUT2D eigenvalue weighted by Gasteiger charge is -2.24. The molecule has 2 heterocycles. The SMILES string of the molecule is NC1=NC(=S)CN=CN(C2OC(CO[P+](O)(O)O)C(O)C2O)C=N1. The van der Waals surface area contributed by atoms with Gasteiger partial charge >= 0.3 is 8.17 Å². The van der Waals surface area contributed by atoms with Crippen molar-refractivity contribution in [3.63, 3.8) is 0 Å². The summed E-state index contributed by atoms with van der Waals surface area (Å²) in [6.07, 6.45) is -2.59. The minimum Gasteiger partial charge on any atom is -0.387 e. The van der Waals surface area contributed by atoms with Crippen molar-refractivity contribution in [1.29, 1.82) is 0 Å². The molecule has 0 radical (unpaired) electrons. The summed E-state index contributed by atoms with van der Waals surface area (Å²) < 4.78 is 9.81. The molecule has 0 aliphatic carbocycles. The molecule has 2 aliphatic heterocycles. The van der Waals surface area contributed by atoms with Gasteiger partial charge in [0.1, 0.15) is 36.2 Å². The van der Waals surface area contributed by atoms with Crippen LogP contribution in [0.3, 0.4) is 0 Å². The molecule has 24 heavy (non-hydrogen) atoms. The van der Waals surface area contributed by atoms with Gasteiger partial charge in [-0.25, -0.2) is 9.98 Å². The largest absolute Gasteiger partial charge is 0.567 e. The molecule has 0 aromatic heterocycles. The molecule has 2 rings (SSSR count). The van der Waals surface area contributed by atoms with Crippen molar-refractivity contribution in [3.8, 4) is 0 Å². The van der Waals surface area contributed by atoms with Crippen molar-refractivity contribution in [2.75, 3.05) is 13.2 Å². The molecule has 2 aliphatic rings.